The van der Waals surface area contributed by atoms with Gasteiger partial charge < -0.3 is 8.97 Å². The zero-order valence-electron chi connectivity index (χ0n) is 16.2. The van der Waals surface area contributed by atoms with E-state index in [4.69, 9.17) is 4.42 Å². The van der Waals surface area contributed by atoms with Gasteiger partial charge in [-0.3, -0.25) is 14.2 Å². The first-order valence-corrected chi connectivity index (χ1v) is 10.5. The lowest BCUT2D eigenvalue weighted by molar-refractivity contribution is 0.448. The smallest absolute Gasteiger partial charge is 0.202 e. The molecule has 158 valence electrons. The van der Waals surface area contributed by atoms with E-state index < -0.39 is 17.2 Å². The van der Waals surface area contributed by atoms with Gasteiger partial charge in [-0.05, 0) is 41.5 Å². The molecule has 3 aromatic heterocycles. The fourth-order valence-electron chi connectivity index (χ4n) is 3.53. The largest absolute Gasteiger partial charge is 0.760 e. The van der Waals surface area contributed by atoms with Crippen LogP contribution in [0.15, 0.2) is 83.9 Å². The van der Waals surface area contributed by atoms with Crippen LogP contribution in [0.3, 0.4) is 0 Å². The summed E-state index contributed by atoms with van der Waals surface area (Å²) < 4.78 is 43.4. The fourth-order valence-corrected chi connectivity index (χ4v) is 3.80. The van der Waals surface area contributed by atoms with Gasteiger partial charge in [0.1, 0.15) is 12.1 Å². The second-order valence-electron chi connectivity index (χ2n) is 6.77. The number of pyridine rings is 2. The maximum Gasteiger partial charge on any atom is 0.202 e. The molecule has 7 nitrogen and oxygen atoms in total. The molecule has 31 heavy (non-hydrogen) atoms. The van der Waals surface area contributed by atoms with E-state index in [1.165, 1.54) is 18.4 Å². The van der Waals surface area contributed by atoms with E-state index >= 15 is 0 Å². The molecule has 1 N–H and O–H groups in total. The molecule has 0 saturated heterocycles. The van der Waals surface area contributed by atoms with E-state index in [9.17, 15) is 13.2 Å². The van der Waals surface area contributed by atoms with Gasteiger partial charge >= 0.3 is 0 Å². The number of hydrogen-bond donors (Lipinski definition) is 1. The quantitative estimate of drug-likeness (QED) is 0.424. The fraction of sp³-hybridized carbons (Fsp3) is 0.136. The summed E-state index contributed by atoms with van der Waals surface area (Å²) in [6, 6.07) is 15.3. The summed E-state index contributed by atoms with van der Waals surface area (Å²) in [7, 11) is 0. The standard InChI is InChI=1S/C22H19FN4O3S/c23-17-8-6-15(7-9-17)20(19-5-1-4-18(27-19)14-26-31(28)29)21(22-25-11-12-30-22)16-3-2-10-24-13-16/h1-13,20-21,26H,14H2,(H,28,29)/p-1. The summed E-state index contributed by atoms with van der Waals surface area (Å²) in [5.41, 5.74) is 2.87. The number of hydrogen-bond acceptors (Lipinski definition) is 6. The van der Waals surface area contributed by atoms with Crippen molar-refractivity contribution in [3.8, 4) is 0 Å². The molecule has 0 spiro atoms. The van der Waals surface area contributed by atoms with E-state index in [1.807, 2.05) is 18.2 Å². The van der Waals surface area contributed by atoms with Gasteiger partial charge in [-0.15, -0.1) is 0 Å². The summed E-state index contributed by atoms with van der Waals surface area (Å²) in [5, 5.41) is 0. The Labute approximate surface area is 180 Å². The van der Waals surface area contributed by atoms with Gasteiger partial charge in [-0.25, -0.2) is 14.1 Å². The number of nitrogens with one attached hydrogen (secondary N) is 1. The highest BCUT2D eigenvalue weighted by atomic mass is 32.2. The van der Waals surface area contributed by atoms with Crippen molar-refractivity contribution in [1.29, 1.82) is 0 Å². The minimum Gasteiger partial charge on any atom is -0.760 e. The Bertz CT molecular complexity index is 1140. The third-order valence-corrected chi connectivity index (χ3v) is 5.22. The molecule has 9 heteroatoms. The number of rotatable bonds is 8. The minimum absolute atomic E-state index is 0.0522. The van der Waals surface area contributed by atoms with E-state index in [1.54, 1.807) is 42.9 Å². The van der Waals surface area contributed by atoms with Crippen LogP contribution in [0.4, 0.5) is 4.39 Å². The Morgan fingerprint density at radius 3 is 2.55 bits per heavy atom. The molecule has 4 rings (SSSR count). The van der Waals surface area contributed by atoms with E-state index in [-0.39, 0.29) is 18.3 Å². The number of oxazole rings is 1. The monoisotopic (exact) mass is 437 g/mol. The van der Waals surface area contributed by atoms with Crippen LogP contribution < -0.4 is 4.72 Å². The second-order valence-corrected chi connectivity index (χ2v) is 7.53. The molecule has 0 fully saturated rings. The average molecular weight is 437 g/mol. The topological polar surface area (TPSA) is 104 Å². The van der Waals surface area contributed by atoms with E-state index in [0.29, 0.717) is 17.3 Å². The highest BCUT2D eigenvalue weighted by molar-refractivity contribution is 7.77. The summed E-state index contributed by atoms with van der Waals surface area (Å²) in [6.07, 6.45) is 6.48. The molecule has 3 atom stereocenters. The van der Waals surface area contributed by atoms with Crippen LogP contribution in [0.25, 0.3) is 0 Å². The van der Waals surface area contributed by atoms with E-state index in [0.717, 1.165) is 11.1 Å². The van der Waals surface area contributed by atoms with Gasteiger partial charge in [0.15, 0.2) is 0 Å². The Kier molecular flexibility index (Phi) is 6.56. The third kappa shape index (κ3) is 5.08. The Hall–Kier alpha value is -3.27. The molecule has 0 radical (unpaired) electrons. The third-order valence-electron chi connectivity index (χ3n) is 4.84. The van der Waals surface area contributed by atoms with Crippen molar-refractivity contribution < 1.29 is 17.6 Å². The van der Waals surface area contributed by atoms with Crippen LogP contribution in [0.5, 0.6) is 0 Å². The SMILES string of the molecule is O=S([O-])NCc1cccc(C(c2ccc(F)cc2)C(c2cccnc2)c2ncco2)n1. The van der Waals surface area contributed by atoms with Crippen LogP contribution in [0.1, 0.15) is 40.2 Å². The number of aromatic nitrogens is 3. The zero-order valence-corrected chi connectivity index (χ0v) is 17.0. The van der Waals surface area contributed by atoms with Crippen molar-refractivity contribution >= 4 is 11.3 Å². The Morgan fingerprint density at radius 1 is 1.03 bits per heavy atom. The van der Waals surface area contributed by atoms with Gasteiger partial charge in [-0.2, -0.15) is 0 Å². The maximum atomic E-state index is 13.7. The van der Waals surface area contributed by atoms with Gasteiger partial charge in [0.25, 0.3) is 0 Å². The summed E-state index contributed by atoms with van der Waals surface area (Å²) >= 11 is -2.40. The molecule has 0 aliphatic rings. The molecule has 3 unspecified atom stereocenters. The Balaban J connectivity index is 1.85. The van der Waals surface area contributed by atoms with Gasteiger partial charge in [0.2, 0.25) is 5.89 Å². The predicted octanol–water partition coefficient (Wildman–Crippen LogP) is 3.45. The van der Waals surface area contributed by atoms with Crippen LogP contribution in [-0.4, -0.2) is 23.7 Å². The zero-order chi connectivity index (χ0) is 21.6. The summed E-state index contributed by atoms with van der Waals surface area (Å²) in [4.78, 5) is 13.3. The first-order valence-electron chi connectivity index (χ1n) is 9.45. The van der Waals surface area contributed by atoms with E-state index in [2.05, 4.69) is 19.7 Å². The van der Waals surface area contributed by atoms with Crippen molar-refractivity contribution in [1.82, 2.24) is 19.7 Å². The lowest BCUT2D eigenvalue weighted by Gasteiger charge is -2.26. The number of halogens is 1. The number of benzene rings is 1. The summed E-state index contributed by atoms with van der Waals surface area (Å²) in [5.74, 6) is -0.659. The van der Waals surface area contributed by atoms with Crippen LogP contribution in [0, 0.1) is 5.82 Å². The first kappa shape index (κ1) is 21.0. The number of nitrogens with zero attached hydrogens (tertiary/aromatic N) is 3. The van der Waals surface area contributed by atoms with Crippen LogP contribution >= 0.6 is 0 Å². The highest BCUT2D eigenvalue weighted by Crippen LogP contribution is 2.41. The van der Waals surface area contributed by atoms with Crippen molar-refractivity contribution in [2.75, 3.05) is 0 Å². The Morgan fingerprint density at radius 2 is 1.87 bits per heavy atom. The molecule has 1 aromatic carbocycles. The lowest BCUT2D eigenvalue weighted by Crippen LogP contribution is -2.19. The molecule has 3 heterocycles. The van der Waals surface area contributed by atoms with Crippen molar-refractivity contribution in [3.63, 3.8) is 0 Å². The molecule has 4 aromatic rings. The molecule has 0 aliphatic heterocycles. The van der Waals surface area contributed by atoms with Gasteiger partial charge in [0.05, 0.1) is 17.8 Å². The van der Waals surface area contributed by atoms with Gasteiger partial charge in [-0.1, -0.05) is 24.3 Å². The predicted molar refractivity (Wildman–Crippen MR) is 111 cm³/mol. The lowest BCUT2D eigenvalue weighted by atomic mass is 9.79. The first-order chi connectivity index (χ1) is 15.1. The maximum absolute atomic E-state index is 13.7. The molecule has 0 amide bonds. The molecule has 0 aliphatic carbocycles. The molecular weight excluding hydrogens is 419 g/mol. The van der Waals surface area contributed by atoms with Crippen molar-refractivity contribution in [3.05, 3.63) is 114 Å². The van der Waals surface area contributed by atoms with Crippen molar-refractivity contribution in [2.24, 2.45) is 0 Å². The minimum atomic E-state index is -2.40. The molecule has 0 bridgehead atoms. The van der Waals surface area contributed by atoms with Crippen LogP contribution in [-0.2, 0) is 17.8 Å². The van der Waals surface area contributed by atoms with Crippen LogP contribution in [0.2, 0.25) is 0 Å². The average Bonchev–Trinajstić information content (AvgIpc) is 3.32. The second kappa shape index (κ2) is 9.69. The van der Waals surface area contributed by atoms with Gasteiger partial charge in [0, 0.05) is 41.8 Å². The molecular formula is C22H18FN4O3S-. The summed E-state index contributed by atoms with van der Waals surface area (Å²) in [6.45, 7) is 0.0522. The normalized spacial score (nSPS) is 14.1. The van der Waals surface area contributed by atoms with Crippen molar-refractivity contribution in [2.45, 2.75) is 18.4 Å². The molecule has 0 saturated carbocycles. The highest BCUT2D eigenvalue weighted by Gasteiger charge is 2.32.